The molecule has 0 bridgehead atoms. The van der Waals surface area contributed by atoms with Gasteiger partial charge in [0.05, 0.1) is 18.2 Å². The number of carbonyl (C=O) groups is 2. The fraction of sp³-hybridized carbons (Fsp3) is 0.350. The Morgan fingerprint density at radius 2 is 2.14 bits per heavy atom. The second-order valence-electron chi connectivity index (χ2n) is 6.85. The van der Waals surface area contributed by atoms with Crippen molar-refractivity contribution in [2.45, 2.75) is 19.5 Å². The molecule has 0 aliphatic carbocycles. The number of fused-ring (bicyclic) bond motifs is 2. The Balaban J connectivity index is 1.55. The first-order valence-corrected chi connectivity index (χ1v) is 9.31. The summed E-state index contributed by atoms with van der Waals surface area (Å²) >= 11 is 0. The van der Waals surface area contributed by atoms with Crippen molar-refractivity contribution in [1.82, 2.24) is 24.8 Å². The lowest BCUT2D eigenvalue weighted by molar-refractivity contribution is 0.0640. The van der Waals surface area contributed by atoms with Gasteiger partial charge in [-0.1, -0.05) is 18.2 Å². The molecule has 2 aromatic heterocycles. The highest BCUT2D eigenvalue weighted by Crippen LogP contribution is 2.28. The van der Waals surface area contributed by atoms with Crippen molar-refractivity contribution < 1.29 is 14.3 Å². The summed E-state index contributed by atoms with van der Waals surface area (Å²) in [6.45, 7) is 3.98. The van der Waals surface area contributed by atoms with Crippen molar-refractivity contribution >= 4 is 22.7 Å². The molecule has 4 rings (SSSR count). The Hall–Kier alpha value is -3.13. The second kappa shape index (κ2) is 7.47. The highest BCUT2D eigenvalue weighted by atomic mass is 16.5. The summed E-state index contributed by atoms with van der Waals surface area (Å²) in [6, 6.07) is 7.53. The number of nitrogens with zero attached hydrogens (tertiary/aromatic N) is 3. The molecule has 0 saturated heterocycles. The maximum Gasteiger partial charge on any atom is 0.271 e. The molecule has 3 aromatic rings. The van der Waals surface area contributed by atoms with E-state index in [1.165, 1.54) is 0 Å². The van der Waals surface area contributed by atoms with E-state index in [1.54, 1.807) is 19.5 Å². The van der Waals surface area contributed by atoms with E-state index >= 15 is 0 Å². The first-order valence-electron chi connectivity index (χ1n) is 9.31. The summed E-state index contributed by atoms with van der Waals surface area (Å²) in [6.07, 6.45) is 3.51. The van der Waals surface area contributed by atoms with Gasteiger partial charge in [-0.15, -0.1) is 0 Å². The van der Waals surface area contributed by atoms with Crippen LogP contribution in [0.5, 0.6) is 0 Å². The number of aromatic nitrogens is 3. The molecule has 8 heteroatoms. The lowest BCUT2D eigenvalue weighted by atomic mass is 10.1. The fourth-order valence-corrected chi connectivity index (χ4v) is 3.64. The highest BCUT2D eigenvalue weighted by Gasteiger charge is 2.32. The van der Waals surface area contributed by atoms with Gasteiger partial charge in [0, 0.05) is 50.0 Å². The number of hydrogen-bond acceptors (Lipinski definition) is 4. The Kier molecular flexibility index (Phi) is 4.87. The van der Waals surface area contributed by atoms with Gasteiger partial charge in [-0.05, 0) is 13.0 Å². The number of benzene rings is 1. The predicted molar refractivity (Wildman–Crippen MR) is 104 cm³/mol. The van der Waals surface area contributed by atoms with Crippen molar-refractivity contribution in [2.75, 3.05) is 26.8 Å². The van der Waals surface area contributed by atoms with Crippen LogP contribution < -0.4 is 5.32 Å². The van der Waals surface area contributed by atoms with Gasteiger partial charge in [0.1, 0.15) is 11.5 Å². The lowest BCUT2D eigenvalue weighted by Gasteiger charge is -2.33. The summed E-state index contributed by atoms with van der Waals surface area (Å²) in [5.74, 6) is 0.447. The van der Waals surface area contributed by atoms with Crippen molar-refractivity contribution in [2.24, 2.45) is 0 Å². The zero-order valence-electron chi connectivity index (χ0n) is 15.9. The maximum atomic E-state index is 13.2. The number of nitrogens with one attached hydrogen (secondary N) is 2. The number of methoxy groups -OCH3 is 1. The van der Waals surface area contributed by atoms with E-state index < -0.39 is 0 Å². The zero-order valence-corrected chi connectivity index (χ0v) is 15.9. The number of imidazole rings is 1. The van der Waals surface area contributed by atoms with Gasteiger partial charge in [-0.25, -0.2) is 4.98 Å². The van der Waals surface area contributed by atoms with Crippen LogP contribution in [0.4, 0.5) is 0 Å². The van der Waals surface area contributed by atoms with Gasteiger partial charge in [0.25, 0.3) is 11.8 Å². The molecule has 8 nitrogen and oxygen atoms in total. The smallest absolute Gasteiger partial charge is 0.271 e. The summed E-state index contributed by atoms with van der Waals surface area (Å²) in [4.78, 5) is 34.9. The van der Waals surface area contributed by atoms with Crippen LogP contribution >= 0.6 is 0 Å². The fourth-order valence-electron chi connectivity index (χ4n) is 3.64. The van der Waals surface area contributed by atoms with Gasteiger partial charge in [0.15, 0.2) is 0 Å². The first kappa shape index (κ1) is 18.2. The third-order valence-electron chi connectivity index (χ3n) is 5.14. The van der Waals surface area contributed by atoms with Crippen LogP contribution in [0.15, 0.2) is 36.7 Å². The van der Waals surface area contributed by atoms with E-state index in [9.17, 15) is 9.59 Å². The summed E-state index contributed by atoms with van der Waals surface area (Å²) in [5.41, 5.74) is 1.95. The monoisotopic (exact) mass is 381 g/mol. The SMILES string of the molecule is COCCNC(=O)c1cn2c(n1)[C@@H](C)N(C(=O)c1c[nH]c3ccccc13)CC2. The van der Waals surface area contributed by atoms with Crippen molar-refractivity contribution in [3.63, 3.8) is 0 Å². The number of carbonyl (C=O) groups excluding carboxylic acids is 2. The molecule has 0 radical (unpaired) electrons. The topological polar surface area (TPSA) is 92.2 Å². The summed E-state index contributed by atoms with van der Waals surface area (Å²) in [7, 11) is 1.59. The predicted octanol–water partition coefficient (Wildman–Crippen LogP) is 1.96. The number of amides is 2. The molecule has 1 atom stereocenters. The molecular formula is C20H23N5O3. The molecule has 0 saturated carbocycles. The van der Waals surface area contributed by atoms with E-state index in [1.807, 2.05) is 40.7 Å². The van der Waals surface area contributed by atoms with Crippen molar-refractivity contribution in [3.8, 4) is 0 Å². The molecule has 28 heavy (non-hydrogen) atoms. The van der Waals surface area contributed by atoms with E-state index in [-0.39, 0.29) is 17.9 Å². The Morgan fingerprint density at radius 3 is 2.96 bits per heavy atom. The number of ether oxygens (including phenoxy) is 1. The first-order chi connectivity index (χ1) is 13.6. The zero-order chi connectivity index (χ0) is 19.7. The van der Waals surface area contributed by atoms with Crippen LogP contribution in [-0.4, -0.2) is 58.1 Å². The van der Waals surface area contributed by atoms with Crippen molar-refractivity contribution in [1.29, 1.82) is 0 Å². The van der Waals surface area contributed by atoms with E-state index in [0.29, 0.717) is 37.5 Å². The third-order valence-corrected chi connectivity index (χ3v) is 5.14. The van der Waals surface area contributed by atoms with Crippen LogP contribution in [0.25, 0.3) is 10.9 Å². The normalized spacial score (nSPS) is 16.2. The van der Waals surface area contributed by atoms with Gasteiger partial charge in [0.2, 0.25) is 0 Å². The molecule has 1 aromatic carbocycles. The third kappa shape index (κ3) is 3.16. The number of aromatic amines is 1. The minimum Gasteiger partial charge on any atom is -0.383 e. The maximum absolute atomic E-state index is 13.2. The molecule has 1 aliphatic rings. The van der Waals surface area contributed by atoms with E-state index in [2.05, 4.69) is 15.3 Å². The molecule has 3 heterocycles. The number of hydrogen-bond donors (Lipinski definition) is 2. The molecule has 0 fully saturated rings. The summed E-state index contributed by atoms with van der Waals surface area (Å²) in [5, 5.41) is 3.68. The minimum atomic E-state index is -0.236. The van der Waals surface area contributed by atoms with Crippen LogP contribution in [0, 0.1) is 0 Å². The molecule has 146 valence electrons. The largest absolute Gasteiger partial charge is 0.383 e. The second-order valence-corrected chi connectivity index (χ2v) is 6.85. The van der Waals surface area contributed by atoms with Gasteiger partial charge in [-0.2, -0.15) is 0 Å². The number of rotatable bonds is 5. The molecule has 0 unspecified atom stereocenters. The molecule has 0 spiro atoms. The van der Waals surface area contributed by atoms with Crippen LogP contribution in [0.2, 0.25) is 0 Å². The quantitative estimate of drug-likeness (QED) is 0.661. The molecule has 2 N–H and O–H groups in total. The Labute approximate surface area is 162 Å². The van der Waals surface area contributed by atoms with Crippen LogP contribution in [0.3, 0.4) is 0 Å². The van der Waals surface area contributed by atoms with Crippen LogP contribution in [-0.2, 0) is 11.3 Å². The lowest BCUT2D eigenvalue weighted by Crippen LogP contribution is -2.41. The van der Waals surface area contributed by atoms with Gasteiger partial charge in [-0.3, -0.25) is 9.59 Å². The highest BCUT2D eigenvalue weighted by molar-refractivity contribution is 6.06. The average Bonchev–Trinajstić information content (AvgIpc) is 3.33. The van der Waals surface area contributed by atoms with Crippen molar-refractivity contribution in [3.05, 3.63) is 53.7 Å². The van der Waals surface area contributed by atoms with E-state index in [4.69, 9.17) is 4.74 Å². The summed E-state index contributed by atoms with van der Waals surface area (Å²) < 4.78 is 6.90. The average molecular weight is 381 g/mol. The number of H-pyrrole nitrogens is 1. The Morgan fingerprint density at radius 1 is 1.32 bits per heavy atom. The number of para-hydroxylation sites is 1. The minimum absolute atomic E-state index is 0.0368. The van der Waals surface area contributed by atoms with Gasteiger partial charge >= 0.3 is 0 Å². The molecule has 2 amide bonds. The standard InChI is InChI=1S/C20H23N5O3/c1-13-18-23-17(19(26)21-7-10-28-2)12-24(18)8-9-25(13)20(27)15-11-22-16-6-4-3-5-14(15)16/h3-6,11-13,22H,7-10H2,1-2H3,(H,21,26)/t13-/m1/s1. The Bertz CT molecular complexity index is 1020. The van der Waals surface area contributed by atoms with Crippen LogP contribution in [0.1, 0.15) is 39.6 Å². The van der Waals surface area contributed by atoms with E-state index in [0.717, 1.165) is 16.7 Å². The molecular weight excluding hydrogens is 358 g/mol. The van der Waals surface area contributed by atoms with Gasteiger partial charge < -0.3 is 24.5 Å². The molecule has 1 aliphatic heterocycles.